The predicted octanol–water partition coefficient (Wildman–Crippen LogP) is 0.428. The second-order valence-corrected chi connectivity index (χ2v) is 20.1. The number of carbonyl (C=O) groups is 2. The van der Waals surface area contributed by atoms with E-state index in [0.29, 0.717) is 0 Å². The maximum absolute atomic E-state index is 13.1. The number of ether oxygens (including phenoxy) is 6. The smallest absolute Gasteiger partial charge is 0.311 e. The SMILES string of the molecule is CC1/C=C\C=C/CC\C=C/C=C\C=C/C=C\C(OC2OC[C@@H](O)[C@H](N)[C@@H]2O)CC2OC(O)(CC(O)C(O)CCC(O)CC(O)CC(O)CC(=O)OC(C)C(C)C1OC1C[C@@H](O)[C@@H](O)[C@H](C)O1)CC(O)C2C(=O)O. The second kappa shape index (κ2) is 30.4. The number of aliphatic hydroxyl groups is 11. The van der Waals surface area contributed by atoms with E-state index in [1.165, 1.54) is 6.08 Å². The van der Waals surface area contributed by atoms with Gasteiger partial charge >= 0.3 is 11.9 Å². The van der Waals surface area contributed by atoms with Crippen molar-refractivity contribution in [3.63, 3.8) is 0 Å². The number of hydrogen-bond donors (Lipinski definition) is 13. The molecule has 0 aromatic carbocycles. The van der Waals surface area contributed by atoms with Crippen LogP contribution in [0.4, 0.5) is 0 Å². The molecular formula is C52H83NO20. The van der Waals surface area contributed by atoms with Gasteiger partial charge in [0.25, 0.3) is 0 Å². The van der Waals surface area contributed by atoms with E-state index in [2.05, 4.69) is 0 Å². The van der Waals surface area contributed by atoms with E-state index < -0.39 is 159 Å². The van der Waals surface area contributed by atoms with Crippen molar-refractivity contribution in [1.82, 2.24) is 0 Å². The molecule has 22 atom stereocenters. The van der Waals surface area contributed by atoms with Crippen LogP contribution in [0.15, 0.2) is 72.9 Å². The van der Waals surface area contributed by atoms with Crippen LogP contribution in [-0.2, 0) is 38.0 Å². The minimum Gasteiger partial charge on any atom is -0.481 e. The highest BCUT2D eigenvalue weighted by Gasteiger charge is 2.51. The first-order valence-electron chi connectivity index (χ1n) is 25.4. The molecule has 0 aromatic rings. The zero-order chi connectivity index (χ0) is 54.0. The summed E-state index contributed by atoms with van der Waals surface area (Å²) in [4.78, 5) is 25.6. The highest BCUT2D eigenvalue weighted by atomic mass is 16.7. The van der Waals surface area contributed by atoms with Gasteiger partial charge in [-0.15, -0.1) is 0 Å². The second-order valence-electron chi connectivity index (χ2n) is 20.1. The third-order valence-corrected chi connectivity index (χ3v) is 13.8. The van der Waals surface area contributed by atoms with Crippen LogP contribution < -0.4 is 5.73 Å². The Morgan fingerprint density at radius 2 is 1.29 bits per heavy atom. The number of carboxylic acids is 1. The molecule has 73 heavy (non-hydrogen) atoms. The number of allylic oxidation sites excluding steroid dienone is 10. The van der Waals surface area contributed by atoms with Crippen LogP contribution >= 0.6 is 0 Å². The van der Waals surface area contributed by atoms with E-state index in [1.54, 1.807) is 38.2 Å². The highest BCUT2D eigenvalue weighted by molar-refractivity contribution is 5.71. The first-order valence-corrected chi connectivity index (χ1v) is 25.4. The van der Waals surface area contributed by atoms with Crippen molar-refractivity contribution in [2.24, 2.45) is 23.5 Å². The van der Waals surface area contributed by atoms with E-state index in [4.69, 9.17) is 34.2 Å². The number of carboxylic acid groups (broad SMARTS) is 1. The molecule has 16 unspecified atom stereocenters. The lowest BCUT2D eigenvalue weighted by molar-refractivity contribution is -0.307. The zero-order valence-electron chi connectivity index (χ0n) is 42.2. The molecule has 0 radical (unpaired) electrons. The molecule has 4 aliphatic heterocycles. The van der Waals surface area contributed by atoms with Gasteiger partial charge in [0.1, 0.15) is 24.2 Å². The van der Waals surface area contributed by atoms with Gasteiger partial charge in [-0.25, -0.2) is 0 Å². The number of carbonyl (C=O) groups excluding carboxylic acids is 1. The Morgan fingerprint density at radius 3 is 1.96 bits per heavy atom. The molecule has 0 aromatic heterocycles. The maximum atomic E-state index is 13.1. The van der Waals surface area contributed by atoms with Crippen LogP contribution in [0.2, 0.25) is 0 Å². The number of esters is 1. The quantitative estimate of drug-likeness (QED) is 0.166. The van der Waals surface area contributed by atoms with Gasteiger partial charge in [-0.05, 0) is 52.4 Å². The fourth-order valence-corrected chi connectivity index (χ4v) is 9.38. The van der Waals surface area contributed by atoms with E-state index in [1.807, 2.05) is 56.4 Å². The summed E-state index contributed by atoms with van der Waals surface area (Å²) in [5.41, 5.74) is 5.95. The Kier molecular flexibility index (Phi) is 26.0. The van der Waals surface area contributed by atoms with Gasteiger partial charge in [-0.3, -0.25) is 9.59 Å². The van der Waals surface area contributed by atoms with Crippen molar-refractivity contribution in [2.75, 3.05) is 6.61 Å². The van der Waals surface area contributed by atoms with E-state index in [9.17, 15) is 70.9 Å². The number of rotatable bonds is 5. The Balaban J connectivity index is 1.54. The van der Waals surface area contributed by atoms with Crippen LogP contribution in [0.3, 0.4) is 0 Å². The van der Waals surface area contributed by atoms with Gasteiger partial charge in [0.15, 0.2) is 18.4 Å². The molecule has 0 aliphatic carbocycles. The number of cyclic esters (lactones) is 1. The number of hydrogen-bond acceptors (Lipinski definition) is 20. The lowest BCUT2D eigenvalue weighted by atomic mass is 9.82. The molecule has 21 nitrogen and oxygen atoms in total. The topological polar surface area (TPSA) is 358 Å². The van der Waals surface area contributed by atoms with Gasteiger partial charge in [-0.2, -0.15) is 0 Å². The normalized spacial score (nSPS) is 45.9. The number of nitrogens with two attached hydrogens (primary N) is 1. The Labute approximate surface area is 427 Å². The average Bonchev–Trinajstić information content (AvgIpc) is 3.30. The summed E-state index contributed by atoms with van der Waals surface area (Å²) in [6.45, 7) is 6.81. The van der Waals surface area contributed by atoms with Crippen molar-refractivity contribution in [3.05, 3.63) is 72.9 Å². The molecule has 4 aliphatic rings. The molecule has 0 spiro atoms. The third-order valence-electron chi connectivity index (χ3n) is 13.8. The maximum Gasteiger partial charge on any atom is 0.311 e. The fraction of sp³-hybridized carbons (Fsp3) is 0.731. The van der Waals surface area contributed by atoms with Gasteiger partial charge in [0.05, 0.1) is 92.3 Å². The van der Waals surface area contributed by atoms with E-state index in [0.717, 1.165) is 12.8 Å². The minimum absolute atomic E-state index is 0.0213. The fourth-order valence-electron chi connectivity index (χ4n) is 9.38. The molecule has 14 N–H and O–H groups in total. The minimum atomic E-state index is -2.37. The van der Waals surface area contributed by atoms with Gasteiger partial charge in [-0.1, -0.05) is 86.8 Å². The zero-order valence-corrected chi connectivity index (χ0v) is 42.2. The average molecular weight is 1040 g/mol. The summed E-state index contributed by atoms with van der Waals surface area (Å²) in [5.74, 6) is -6.86. The Morgan fingerprint density at radius 1 is 0.671 bits per heavy atom. The number of aliphatic hydroxyl groups excluding tert-OH is 10. The van der Waals surface area contributed by atoms with Gasteiger partial charge in [0.2, 0.25) is 0 Å². The first kappa shape index (κ1) is 62.2. The molecule has 3 saturated heterocycles. The van der Waals surface area contributed by atoms with E-state index >= 15 is 0 Å². The van der Waals surface area contributed by atoms with Crippen molar-refractivity contribution in [3.8, 4) is 0 Å². The summed E-state index contributed by atoms with van der Waals surface area (Å²) < 4.78 is 35.4. The molecular weight excluding hydrogens is 959 g/mol. The summed E-state index contributed by atoms with van der Waals surface area (Å²) >= 11 is 0. The molecule has 21 heteroatoms. The first-order chi connectivity index (χ1) is 34.5. The monoisotopic (exact) mass is 1040 g/mol. The van der Waals surface area contributed by atoms with Crippen molar-refractivity contribution >= 4 is 11.9 Å². The molecule has 4 heterocycles. The van der Waals surface area contributed by atoms with Crippen LogP contribution in [0.25, 0.3) is 0 Å². The molecule has 416 valence electrons. The van der Waals surface area contributed by atoms with Crippen LogP contribution in [0, 0.1) is 17.8 Å². The molecule has 3 fully saturated rings. The third kappa shape index (κ3) is 20.3. The molecule has 4 rings (SSSR count). The highest BCUT2D eigenvalue weighted by Crippen LogP contribution is 2.38. The number of fused-ring (bicyclic) bond motifs is 2. The summed E-state index contributed by atoms with van der Waals surface area (Å²) in [5, 5.41) is 128. The summed E-state index contributed by atoms with van der Waals surface area (Å²) in [6, 6.07) is -1.13. The largest absolute Gasteiger partial charge is 0.481 e. The van der Waals surface area contributed by atoms with E-state index in [-0.39, 0.29) is 51.0 Å². The lowest BCUT2D eigenvalue weighted by Gasteiger charge is -2.45. The molecule has 2 bridgehead atoms. The van der Waals surface area contributed by atoms with Crippen LogP contribution in [0.5, 0.6) is 0 Å². The molecule has 0 saturated carbocycles. The number of aliphatic carboxylic acids is 1. The summed E-state index contributed by atoms with van der Waals surface area (Å²) in [7, 11) is 0. The van der Waals surface area contributed by atoms with Crippen LogP contribution in [0.1, 0.15) is 98.3 Å². The Bertz CT molecular complexity index is 1830. The molecule has 0 amide bonds. The van der Waals surface area contributed by atoms with Gasteiger partial charge in [0, 0.05) is 37.5 Å². The van der Waals surface area contributed by atoms with Crippen molar-refractivity contribution in [2.45, 2.75) is 214 Å². The standard InChI is InChI=1S/C52H83NO20/c1-29-17-15-13-11-9-7-5-6-8-10-12-14-16-18-36(71-51-48(64)46(53)41(61)28-68-51)24-42-45(50(65)66)40(60)27-52(67,73-42)26-39(59)37(57)20-19-33(54)21-34(55)22-35(56)23-43(62)69-31(3)30(2)49(29)72-44-25-38(58)47(63)32(4)70-44/h5-6,8,10-18,29-42,44-49,51,54-61,63-64,67H,7,9,19-28,53H2,1-4H3,(H,65,66)/b6-5-,10-8-,13-11-,14-12-,17-15-,18-16-/t29?,30?,31?,32-,33?,34?,35?,36?,37?,38+,39?,40?,41+,42?,44?,45?,46-,47-,48-,49?,51?,52?/m0/s1. The van der Waals surface area contributed by atoms with Gasteiger partial charge < -0.3 is 95.4 Å². The predicted molar refractivity (Wildman–Crippen MR) is 262 cm³/mol. The Hall–Kier alpha value is -3.30. The van der Waals surface area contributed by atoms with Crippen LogP contribution in [-0.4, -0.2) is 196 Å². The van der Waals surface area contributed by atoms with Crippen molar-refractivity contribution < 1.29 is 99.3 Å². The summed E-state index contributed by atoms with van der Waals surface area (Å²) in [6.07, 6.45) is -0.662. The van der Waals surface area contributed by atoms with Crippen molar-refractivity contribution in [1.29, 1.82) is 0 Å². The lowest BCUT2D eigenvalue weighted by Crippen LogP contribution is -2.59.